The van der Waals surface area contributed by atoms with Gasteiger partial charge in [0.1, 0.15) is 5.75 Å². The molecule has 0 aliphatic carbocycles. The minimum atomic E-state index is -0.383. The Morgan fingerprint density at radius 1 is 1.05 bits per heavy atom. The second-order valence-corrected chi connectivity index (χ2v) is 4.44. The van der Waals surface area contributed by atoms with Crippen LogP contribution in [0.4, 0.5) is 10.5 Å². The monoisotopic (exact) mass is 285 g/mol. The zero-order chi connectivity index (χ0) is 15.1. The van der Waals surface area contributed by atoms with Crippen LogP contribution in [0.1, 0.15) is 12.5 Å². The van der Waals surface area contributed by atoms with Gasteiger partial charge in [0, 0.05) is 0 Å². The number of carbonyl (C=O) groups excluding carboxylic acids is 1. The molecule has 110 valence electrons. The SMILES string of the molecule is CCOC(=O)N(Cc1ccccc1)c1ccccc1OC. The predicted octanol–water partition coefficient (Wildman–Crippen LogP) is 3.86. The molecule has 2 aromatic rings. The predicted molar refractivity (Wildman–Crippen MR) is 82.6 cm³/mol. The lowest BCUT2D eigenvalue weighted by atomic mass is 10.2. The number of hydrogen-bond acceptors (Lipinski definition) is 3. The molecule has 0 N–H and O–H groups in total. The fourth-order valence-electron chi connectivity index (χ4n) is 2.07. The van der Waals surface area contributed by atoms with Crippen LogP contribution in [0.5, 0.6) is 5.75 Å². The summed E-state index contributed by atoms with van der Waals surface area (Å²) in [5.74, 6) is 0.640. The Labute approximate surface area is 124 Å². The maximum absolute atomic E-state index is 12.3. The summed E-state index contributed by atoms with van der Waals surface area (Å²) in [5, 5.41) is 0. The van der Waals surface area contributed by atoms with E-state index in [-0.39, 0.29) is 6.09 Å². The lowest BCUT2D eigenvalue weighted by Crippen LogP contribution is -2.31. The highest BCUT2D eigenvalue weighted by atomic mass is 16.6. The quantitative estimate of drug-likeness (QED) is 0.837. The van der Waals surface area contributed by atoms with Crippen LogP contribution in [0.15, 0.2) is 54.6 Å². The lowest BCUT2D eigenvalue weighted by Gasteiger charge is -2.23. The fraction of sp³-hybridized carbons (Fsp3) is 0.235. The van der Waals surface area contributed by atoms with E-state index < -0.39 is 0 Å². The highest BCUT2D eigenvalue weighted by Gasteiger charge is 2.20. The second kappa shape index (κ2) is 7.33. The van der Waals surface area contributed by atoms with E-state index in [1.807, 2.05) is 54.6 Å². The molecule has 0 saturated heterocycles. The van der Waals surface area contributed by atoms with Crippen LogP contribution in [-0.2, 0) is 11.3 Å². The van der Waals surface area contributed by atoms with Crippen LogP contribution in [-0.4, -0.2) is 19.8 Å². The molecular formula is C17H19NO3. The van der Waals surface area contributed by atoms with Crippen molar-refractivity contribution in [1.29, 1.82) is 0 Å². The summed E-state index contributed by atoms with van der Waals surface area (Å²) in [7, 11) is 1.59. The van der Waals surface area contributed by atoms with Crippen molar-refractivity contribution < 1.29 is 14.3 Å². The van der Waals surface area contributed by atoms with E-state index in [1.165, 1.54) is 0 Å². The molecule has 0 aliphatic heterocycles. The Bertz CT molecular complexity index is 584. The van der Waals surface area contributed by atoms with Gasteiger partial charge in [-0.2, -0.15) is 0 Å². The number of amides is 1. The highest BCUT2D eigenvalue weighted by molar-refractivity contribution is 5.89. The molecule has 0 aromatic heterocycles. The minimum absolute atomic E-state index is 0.333. The Hall–Kier alpha value is -2.49. The van der Waals surface area contributed by atoms with E-state index in [2.05, 4.69) is 0 Å². The first-order valence-electron chi connectivity index (χ1n) is 6.87. The molecule has 0 radical (unpaired) electrons. The normalized spacial score (nSPS) is 10.0. The number of rotatable bonds is 5. The summed E-state index contributed by atoms with van der Waals surface area (Å²) in [4.78, 5) is 13.8. The van der Waals surface area contributed by atoms with Crippen LogP contribution in [0.3, 0.4) is 0 Å². The van der Waals surface area contributed by atoms with Gasteiger partial charge in [0.15, 0.2) is 0 Å². The third-order valence-corrected chi connectivity index (χ3v) is 3.05. The fourth-order valence-corrected chi connectivity index (χ4v) is 2.07. The summed E-state index contributed by atoms with van der Waals surface area (Å²) in [5.41, 5.74) is 1.72. The molecule has 2 aromatic carbocycles. The number of carbonyl (C=O) groups is 1. The molecule has 0 aliphatic rings. The van der Waals surface area contributed by atoms with E-state index in [0.29, 0.717) is 24.6 Å². The Morgan fingerprint density at radius 3 is 2.38 bits per heavy atom. The lowest BCUT2D eigenvalue weighted by molar-refractivity contribution is 0.159. The topological polar surface area (TPSA) is 38.8 Å². The third-order valence-electron chi connectivity index (χ3n) is 3.05. The van der Waals surface area contributed by atoms with Crippen LogP contribution >= 0.6 is 0 Å². The highest BCUT2D eigenvalue weighted by Crippen LogP contribution is 2.29. The number of hydrogen-bond donors (Lipinski definition) is 0. The van der Waals surface area contributed by atoms with Gasteiger partial charge in [-0.1, -0.05) is 42.5 Å². The standard InChI is InChI=1S/C17H19NO3/c1-3-21-17(19)18(13-14-9-5-4-6-10-14)15-11-7-8-12-16(15)20-2/h4-12H,3,13H2,1-2H3. The maximum atomic E-state index is 12.3. The first kappa shape index (κ1) is 14.9. The number of ether oxygens (including phenoxy) is 2. The van der Waals surface area contributed by atoms with Gasteiger partial charge in [-0.25, -0.2) is 4.79 Å². The molecule has 0 saturated carbocycles. The van der Waals surface area contributed by atoms with Crippen LogP contribution in [0, 0.1) is 0 Å². The Balaban J connectivity index is 2.34. The molecule has 0 atom stereocenters. The van der Waals surface area contributed by atoms with E-state index in [0.717, 1.165) is 5.56 Å². The molecule has 0 spiro atoms. The molecular weight excluding hydrogens is 266 g/mol. The van der Waals surface area contributed by atoms with Gasteiger partial charge in [0.25, 0.3) is 0 Å². The zero-order valence-electron chi connectivity index (χ0n) is 12.3. The molecule has 4 heteroatoms. The Kier molecular flexibility index (Phi) is 5.21. The second-order valence-electron chi connectivity index (χ2n) is 4.44. The summed E-state index contributed by atoms with van der Waals surface area (Å²) in [6.07, 6.45) is -0.383. The summed E-state index contributed by atoms with van der Waals surface area (Å²) in [6, 6.07) is 17.2. The summed E-state index contributed by atoms with van der Waals surface area (Å²) in [6.45, 7) is 2.56. The van der Waals surface area contributed by atoms with Gasteiger partial charge in [-0.15, -0.1) is 0 Å². The first-order valence-corrected chi connectivity index (χ1v) is 6.87. The summed E-state index contributed by atoms with van der Waals surface area (Å²) < 4.78 is 10.5. The largest absolute Gasteiger partial charge is 0.495 e. The van der Waals surface area contributed by atoms with Crippen molar-refractivity contribution in [3.8, 4) is 5.75 Å². The molecule has 0 unspecified atom stereocenters. The molecule has 0 heterocycles. The number of para-hydroxylation sites is 2. The Morgan fingerprint density at radius 2 is 1.71 bits per heavy atom. The van der Waals surface area contributed by atoms with Crippen molar-refractivity contribution in [2.75, 3.05) is 18.6 Å². The molecule has 1 amide bonds. The number of methoxy groups -OCH3 is 1. The maximum Gasteiger partial charge on any atom is 0.414 e. The molecule has 0 bridgehead atoms. The van der Waals surface area contributed by atoms with Crippen molar-refractivity contribution in [1.82, 2.24) is 0 Å². The molecule has 21 heavy (non-hydrogen) atoms. The van der Waals surface area contributed by atoms with E-state index >= 15 is 0 Å². The van der Waals surface area contributed by atoms with Gasteiger partial charge in [-0.05, 0) is 24.6 Å². The molecule has 0 fully saturated rings. The van der Waals surface area contributed by atoms with Gasteiger partial charge < -0.3 is 9.47 Å². The van der Waals surface area contributed by atoms with Gasteiger partial charge in [0.2, 0.25) is 0 Å². The van der Waals surface area contributed by atoms with Crippen molar-refractivity contribution in [3.63, 3.8) is 0 Å². The van der Waals surface area contributed by atoms with Crippen LogP contribution in [0.2, 0.25) is 0 Å². The number of nitrogens with zero attached hydrogens (tertiary/aromatic N) is 1. The van der Waals surface area contributed by atoms with E-state index in [9.17, 15) is 4.79 Å². The van der Waals surface area contributed by atoms with Crippen LogP contribution < -0.4 is 9.64 Å². The van der Waals surface area contributed by atoms with Gasteiger partial charge >= 0.3 is 6.09 Å². The summed E-state index contributed by atoms with van der Waals surface area (Å²) >= 11 is 0. The van der Waals surface area contributed by atoms with Crippen molar-refractivity contribution in [2.24, 2.45) is 0 Å². The first-order chi connectivity index (χ1) is 10.3. The van der Waals surface area contributed by atoms with Gasteiger partial charge in [-0.3, -0.25) is 4.90 Å². The van der Waals surface area contributed by atoms with E-state index in [1.54, 1.807) is 18.9 Å². The average molecular weight is 285 g/mol. The smallest absolute Gasteiger partial charge is 0.414 e. The zero-order valence-corrected chi connectivity index (χ0v) is 12.3. The third kappa shape index (κ3) is 3.75. The van der Waals surface area contributed by atoms with Crippen molar-refractivity contribution in [2.45, 2.75) is 13.5 Å². The van der Waals surface area contributed by atoms with Crippen molar-refractivity contribution >= 4 is 11.8 Å². The van der Waals surface area contributed by atoms with Gasteiger partial charge in [0.05, 0.1) is 25.9 Å². The van der Waals surface area contributed by atoms with E-state index in [4.69, 9.17) is 9.47 Å². The van der Waals surface area contributed by atoms with Crippen LogP contribution in [0.25, 0.3) is 0 Å². The molecule has 2 rings (SSSR count). The number of anilines is 1. The minimum Gasteiger partial charge on any atom is -0.495 e. The number of benzene rings is 2. The molecule has 4 nitrogen and oxygen atoms in total. The average Bonchev–Trinajstić information content (AvgIpc) is 2.54. The van der Waals surface area contributed by atoms with Crippen molar-refractivity contribution in [3.05, 3.63) is 60.2 Å².